The first-order valence-corrected chi connectivity index (χ1v) is 4.77. The van der Waals surface area contributed by atoms with Crippen LogP contribution in [0.5, 0.6) is 5.75 Å². The van der Waals surface area contributed by atoms with Gasteiger partial charge < -0.3 is 10.5 Å². The number of nitrogens with two attached hydrogens (primary N) is 1. The molecule has 1 aromatic carbocycles. The van der Waals surface area contributed by atoms with Gasteiger partial charge in [0.05, 0.1) is 5.02 Å². The number of rotatable bonds is 3. The molecule has 0 saturated heterocycles. The molecule has 1 fully saturated rings. The van der Waals surface area contributed by atoms with E-state index < -0.39 is 0 Å². The molecule has 0 heterocycles. The van der Waals surface area contributed by atoms with Crippen LogP contribution in [-0.4, -0.2) is 12.1 Å². The van der Waals surface area contributed by atoms with Crippen LogP contribution < -0.4 is 10.5 Å². The van der Waals surface area contributed by atoms with Crippen molar-refractivity contribution in [2.45, 2.75) is 18.4 Å². The first kappa shape index (κ1) is 8.85. The van der Waals surface area contributed by atoms with Gasteiger partial charge in [-0.15, -0.1) is 0 Å². The van der Waals surface area contributed by atoms with Gasteiger partial charge in [0, 0.05) is 6.54 Å². The summed E-state index contributed by atoms with van der Waals surface area (Å²) in [5.41, 5.74) is 5.48. The Morgan fingerprint density at radius 3 is 2.62 bits per heavy atom. The average molecular weight is 198 g/mol. The lowest BCUT2D eigenvalue weighted by Gasteiger charge is -2.16. The highest BCUT2D eigenvalue weighted by Crippen LogP contribution is 2.40. The van der Waals surface area contributed by atoms with Crippen LogP contribution in [0.2, 0.25) is 5.02 Å². The molecule has 1 aromatic rings. The molecule has 70 valence electrons. The summed E-state index contributed by atoms with van der Waals surface area (Å²) in [4.78, 5) is 0. The third-order valence-corrected chi connectivity index (χ3v) is 2.66. The van der Waals surface area contributed by atoms with Gasteiger partial charge >= 0.3 is 0 Å². The van der Waals surface area contributed by atoms with E-state index in [1.54, 1.807) is 0 Å². The fourth-order valence-corrected chi connectivity index (χ4v) is 1.42. The van der Waals surface area contributed by atoms with Crippen LogP contribution >= 0.6 is 11.6 Å². The molecular weight excluding hydrogens is 186 g/mol. The third kappa shape index (κ3) is 1.79. The van der Waals surface area contributed by atoms with Gasteiger partial charge in [0.15, 0.2) is 0 Å². The number of para-hydroxylation sites is 1. The highest BCUT2D eigenvalue weighted by atomic mass is 35.5. The van der Waals surface area contributed by atoms with Crippen molar-refractivity contribution >= 4 is 11.6 Å². The van der Waals surface area contributed by atoms with Gasteiger partial charge in [-0.3, -0.25) is 0 Å². The Morgan fingerprint density at radius 1 is 1.38 bits per heavy atom. The van der Waals surface area contributed by atoms with E-state index in [2.05, 4.69) is 0 Å². The van der Waals surface area contributed by atoms with E-state index in [0.717, 1.165) is 18.6 Å². The topological polar surface area (TPSA) is 35.2 Å². The Kier molecular flexibility index (Phi) is 2.18. The van der Waals surface area contributed by atoms with Gasteiger partial charge in [-0.05, 0) is 25.0 Å². The van der Waals surface area contributed by atoms with E-state index in [1.165, 1.54) is 0 Å². The zero-order chi connectivity index (χ0) is 9.31. The summed E-state index contributed by atoms with van der Waals surface area (Å²) in [6.45, 7) is 0.568. The van der Waals surface area contributed by atoms with Crippen LogP contribution in [0.15, 0.2) is 24.3 Å². The lowest BCUT2D eigenvalue weighted by atomic mass is 10.3. The van der Waals surface area contributed by atoms with Crippen molar-refractivity contribution in [2.24, 2.45) is 5.73 Å². The summed E-state index contributed by atoms with van der Waals surface area (Å²) in [6, 6.07) is 7.49. The Morgan fingerprint density at radius 2 is 2.08 bits per heavy atom. The minimum atomic E-state index is -0.120. The smallest absolute Gasteiger partial charge is 0.138 e. The molecule has 1 aliphatic rings. The Bertz CT molecular complexity index is 310. The minimum Gasteiger partial charge on any atom is -0.484 e. The van der Waals surface area contributed by atoms with E-state index >= 15 is 0 Å². The molecule has 0 bridgehead atoms. The van der Waals surface area contributed by atoms with Gasteiger partial charge in [0.25, 0.3) is 0 Å². The lowest BCUT2D eigenvalue weighted by Crippen LogP contribution is -2.28. The number of hydrogen-bond donors (Lipinski definition) is 1. The maximum Gasteiger partial charge on any atom is 0.138 e. The van der Waals surface area contributed by atoms with Crippen LogP contribution in [-0.2, 0) is 0 Å². The first-order valence-electron chi connectivity index (χ1n) is 4.39. The van der Waals surface area contributed by atoms with Crippen LogP contribution in [0, 0.1) is 0 Å². The number of hydrogen-bond acceptors (Lipinski definition) is 2. The summed E-state index contributed by atoms with van der Waals surface area (Å²) < 4.78 is 5.74. The molecule has 0 spiro atoms. The highest BCUT2D eigenvalue weighted by Gasteiger charge is 2.44. The van der Waals surface area contributed by atoms with Crippen molar-refractivity contribution in [3.05, 3.63) is 29.3 Å². The molecule has 0 amide bonds. The third-order valence-electron chi connectivity index (χ3n) is 2.34. The Hall–Kier alpha value is -0.730. The van der Waals surface area contributed by atoms with Crippen molar-refractivity contribution in [3.8, 4) is 5.75 Å². The zero-order valence-corrected chi connectivity index (χ0v) is 8.05. The Balaban J connectivity index is 2.14. The van der Waals surface area contributed by atoms with Gasteiger partial charge in [-0.25, -0.2) is 0 Å². The summed E-state index contributed by atoms with van der Waals surface area (Å²) in [5.74, 6) is 0.743. The SMILES string of the molecule is NCC1(Oc2ccccc2Cl)CC1. The van der Waals surface area contributed by atoms with Gasteiger partial charge in [0.1, 0.15) is 11.4 Å². The molecule has 0 aliphatic heterocycles. The Labute approximate surface area is 82.6 Å². The maximum atomic E-state index is 5.95. The summed E-state index contributed by atoms with van der Waals surface area (Å²) >= 11 is 5.95. The van der Waals surface area contributed by atoms with E-state index in [-0.39, 0.29) is 5.60 Å². The molecule has 0 atom stereocenters. The molecule has 2 nitrogen and oxygen atoms in total. The fourth-order valence-electron chi connectivity index (χ4n) is 1.25. The predicted molar refractivity (Wildman–Crippen MR) is 53.1 cm³/mol. The second-order valence-electron chi connectivity index (χ2n) is 3.42. The van der Waals surface area contributed by atoms with E-state index in [0.29, 0.717) is 11.6 Å². The molecule has 3 heteroatoms. The van der Waals surface area contributed by atoms with Crippen molar-refractivity contribution in [1.29, 1.82) is 0 Å². The van der Waals surface area contributed by atoms with Gasteiger partial charge in [-0.2, -0.15) is 0 Å². The molecule has 0 unspecified atom stereocenters. The van der Waals surface area contributed by atoms with Crippen molar-refractivity contribution < 1.29 is 4.74 Å². The van der Waals surface area contributed by atoms with Gasteiger partial charge in [-0.1, -0.05) is 23.7 Å². The molecule has 0 radical (unpaired) electrons. The fraction of sp³-hybridized carbons (Fsp3) is 0.400. The van der Waals surface area contributed by atoms with E-state index in [9.17, 15) is 0 Å². The van der Waals surface area contributed by atoms with Crippen LogP contribution in [0.3, 0.4) is 0 Å². The molecule has 1 aliphatic carbocycles. The van der Waals surface area contributed by atoms with Crippen LogP contribution in [0.4, 0.5) is 0 Å². The molecule has 13 heavy (non-hydrogen) atoms. The molecule has 0 aromatic heterocycles. The van der Waals surface area contributed by atoms with Crippen molar-refractivity contribution in [1.82, 2.24) is 0 Å². The summed E-state index contributed by atoms with van der Waals surface area (Å²) in [6.07, 6.45) is 2.07. The van der Waals surface area contributed by atoms with Gasteiger partial charge in [0.2, 0.25) is 0 Å². The number of halogens is 1. The summed E-state index contributed by atoms with van der Waals surface area (Å²) in [5, 5.41) is 0.655. The lowest BCUT2D eigenvalue weighted by molar-refractivity contribution is 0.188. The molecule has 2 rings (SSSR count). The average Bonchev–Trinajstić information content (AvgIpc) is 2.90. The highest BCUT2D eigenvalue weighted by molar-refractivity contribution is 6.32. The number of ether oxygens (including phenoxy) is 1. The molecular formula is C10H12ClNO. The van der Waals surface area contributed by atoms with E-state index in [4.69, 9.17) is 22.1 Å². The molecule has 1 saturated carbocycles. The molecule has 2 N–H and O–H groups in total. The number of benzene rings is 1. The quantitative estimate of drug-likeness (QED) is 0.807. The van der Waals surface area contributed by atoms with Crippen molar-refractivity contribution in [2.75, 3.05) is 6.54 Å². The maximum absolute atomic E-state index is 5.95. The van der Waals surface area contributed by atoms with Crippen LogP contribution in [0.1, 0.15) is 12.8 Å². The second-order valence-corrected chi connectivity index (χ2v) is 3.83. The van der Waals surface area contributed by atoms with E-state index in [1.807, 2.05) is 24.3 Å². The standard InChI is InChI=1S/C10H12ClNO/c11-8-3-1-2-4-9(8)13-10(7-12)5-6-10/h1-4H,5-7,12H2. The second kappa shape index (κ2) is 3.20. The first-order chi connectivity index (χ1) is 6.26. The predicted octanol–water partition coefficient (Wildman–Crippen LogP) is 2.21. The zero-order valence-electron chi connectivity index (χ0n) is 7.29. The monoisotopic (exact) mass is 197 g/mol. The minimum absolute atomic E-state index is 0.120. The normalized spacial score (nSPS) is 18.3. The summed E-state index contributed by atoms with van der Waals surface area (Å²) in [7, 11) is 0. The largest absolute Gasteiger partial charge is 0.484 e. The van der Waals surface area contributed by atoms with Crippen LogP contribution in [0.25, 0.3) is 0 Å². The van der Waals surface area contributed by atoms with Crippen molar-refractivity contribution in [3.63, 3.8) is 0 Å².